The van der Waals surface area contributed by atoms with Gasteiger partial charge in [-0.3, -0.25) is 0 Å². The Hall–Kier alpha value is -1.14. The number of hydrogen-bond acceptors (Lipinski definition) is 2. The van der Waals surface area contributed by atoms with E-state index in [1.807, 2.05) is 4.90 Å². The van der Waals surface area contributed by atoms with Crippen molar-refractivity contribution >= 4 is 0 Å². The van der Waals surface area contributed by atoms with Crippen molar-refractivity contribution < 1.29 is 22.3 Å². The van der Waals surface area contributed by atoms with Crippen LogP contribution in [0.25, 0.3) is 0 Å². The van der Waals surface area contributed by atoms with Crippen LogP contribution in [0.15, 0.2) is 18.2 Å². The molecule has 2 rings (SSSR count). The number of nitrogens with zero attached hydrogens (tertiary/aromatic N) is 1. The fourth-order valence-electron chi connectivity index (χ4n) is 2.40. The van der Waals surface area contributed by atoms with Gasteiger partial charge in [0, 0.05) is 25.3 Å². The molecule has 1 aromatic rings. The van der Waals surface area contributed by atoms with E-state index in [1.54, 1.807) is 7.05 Å². The summed E-state index contributed by atoms with van der Waals surface area (Å²) in [6.45, 7) is 2.23. The van der Waals surface area contributed by atoms with Gasteiger partial charge in [0.25, 0.3) is 0 Å². The van der Waals surface area contributed by atoms with E-state index < -0.39 is 17.6 Å². The summed E-state index contributed by atoms with van der Waals surface area (Å²) >= 11 is 0. The number of rotatable bonds is 4. The summed E-state index contributed by atoms with van der Waals surface area (Å²) in [6, 6.07) is 2.53. The summed E-state index contributed by atoms with van der Waals surface area (Å²) in [4.78, 5) is 1.83. The summed E-state index contributed by atoms with van der Waals surface area (Å²) in [5.74, 6) is -0.235. The lowest BCUT2D eigenvalue weighted by atomic mass is 10.1. The minimum atomic E-state index is -4.44. The average Bonchev–Trinajstić information content (AvgIpc) is 2.83. The first-order chi connectivity index (χ1) is 9.36. The second-order valence-electron chi connectivity index (χ2n) is 5.23. The van der Waals surface area contributed by atoms with Gasteiger partial charge >= 0.3 is 6.18 Å². The predicted octanol–water partition coefficient (Wildman–Crippen LogP) is 3.31. The molecule has 0 aliphatic carbocycles. The standard InChI is InChI=1S/C14H17F4NO/c1-19(7-10-4-5-20-9-10)8-11-6-12(14(16,17)18)2-3-13(11)15/h2-3,6,10H,4-5,7-9H2,1H3. The van der Waals surface area contributed by atoms with E-state index in [0.29, 0.717) is 19.1 Å². The molecule has 0 bridgehead atoms. The largest absolute Gasteiger partial charge is 0.416 e. The van der Waals surface area contributed by atoms with E-state index in [4.69, 9.17) is 4.74 Å². The SMILES string of the molecule is CN(Cc1cc(C(F)(F)F)ccc1F)CC1CCOC1. The zero-order chi connectivity index (χ0) is 14.8. The molecule has 0 spiro atoms. The van der Waals surface area contributed by atoms with Crippen molar-refractivity contribution in [3.8, 4) is 0 Å². The molecule has 0 aromatic heterocycles. The molecule has 6 heteroatoms. The Morgan fingerprint density at radius 2 is 2.10 bits per heavy atom. The quantitative estimate of drug-likeness (QED) is 0.789. The third-order valence-corrected chi connectivity index (χ3v) is 3.41. The van der Waals surface area contributed by atoms with E-state index in [1.165, 1.54) is 0 Å². The molecule has 0 N–H and O–H groups in total. The minimum absolute atomic E-state index is 0.0706. The van der Waals surface area contributed by atoms with Gasteiger partial charge in [0.15, 0.2) is 0 Å². The Bertz CT molecular complexity index is 455. The van der Waals surface area contributed by atoms with Gasteiger partial charge in [-0.25, -0.2) is 4.39 Å². The molecule has 1 aliphatic rings. The van der Waals surface area contributed by atoms with Gasteiger partial charge in [-0.15, -0.1) is 0 Å². The molecular formula is C14H17F4NO. The minimum Gasteiger partial charge on any atom is -0.381 e. The molecule has 1 aromatic carbocycles. The molecule has 2 nitrogen and oxygen atoms in total. The lowest BCUT2D eigenvalue weighted by Gasteiger charge is -2.21. The van der Waals surface area contributed by atoms with Crippen LogP contribution in [0.2, 0.25) is 0 Å². The maximum Gasteiger partial charge on any atom is 0.416 e. The van der Waals surface area contributed by atoms with Gasteiger partial charge in [0.1, 0.15) is 5.82 Å². The third kappa shape index (κ3) is 3.93. The highest BCUT2D eigenvalue weighted by molar-refractivity contribution is 5.27. The summed E-state index contributed by atoms with van der Waals surface area (Å²) in [5.41, 5.74) is -0.743. The zero-order valence-electron chi connectivity index (χ0n) is 11.2. The normalized spacial score (nSPS) is 19.8. The maximum absolute atomic E-state index is 13.6. The van der Waals surface area contributed by atoms with Gasteiger partial charge in [-0.05, 0) is 37.6 Å². The smallest absolute Gasteiger partial charge is 0.381 e. The Morgan fingerprint density at radius 3 is 2.70 bits per heavy atom. The number of halogens is 4. The summed E-state index contributed by atoms with van der Waals surface area (Å²) in [6.07, 6.45) is -3.50. The van der Waals surface area contributed by atoms with Crippen LogP contribution >= 0.6 is 0 Å². The summed E-state index contributed by atoms with van der Waals surface area (Å²) < 4.78 is 56.7. The lowest BCUT2D eigenvalue weighted by molar-refractivity contribution is -0.137. The second kappa shape index (κ2) is 6.10. The molecule has 0 amide bonds. The Kier molecular flexibility index (Phi) is 4.65. The molecule has 1 aliphatic heterocycles. The molecular weight excluding hydrogens is 274 g/mol. The lowest BCUT2D eigenvalue weighted by Crippen LogP contribution is -2.26. The molecule has 112 valence electrons. The van der Waals surface area contributed by atoms with Crippen LogP contribution in [0.5, 0.6) is 0 Å². The van der Waals surface area contributed by atoms with Gasteiger partial charge in [0.2, 0.25) is 0 Å². The Balaban J connectivity index is 2.03. The topological polar surface area (TPSA) is 12.5 Å². The molecule has 0 saturated carbocycles. The average molecular weight is 291 g/mol. The van der Waals surface area contributed by atoms with Crippen molar-refractivity contribution in [1.82, 2.24) is 4.90 Å². The second-order valence-corrected chi connectivity index (χ2v) is 5.23. The van der Waals surface area contributed by atoms with Crippen LogP contribution in [0.4, 0.5) is 17.6 Å². The van der Waals surface area contributed by atoms with Crippen LogP contribution in [0, 0.1) is 11.7 Å². The first-order valence-corrected chi connectivity index (χ1v) is 6.48. The Morgan fingerprint density at radius 1 is 1.35 bits per heavy atom. The monoisotopic (exact) mass is 291 g/mol. The van der Waals surface area contributed by atoms with Crippen molar-refractivity contribution in [1.29, 1.82) is 0 Å². The van der Waals surface area contributed by atoms with E-state index in [9.17, 15) is 17.6 Å². The first kappa shape index (κ1) is 15.3. The van der Waals surface area contributed by atoms with Crippen molar-refractivity contribution in [3.63, 3.8) is 0 Å². The van der Waals surface area contributed by atoms with E-state index in [2.05, 4.69) is 0 Å². The van der Waals surface area contributed by atoms with Crippen LogP contribution in [0.1, 0.15) is 17.5 Å². The van der Waals surface area contributed by atoms with E-state index in [0.717, 1.165) is 31.2 Å². The Labute approximate surface area is 115 Å². The molecule has 20 heavy (non-hydrogen) atoms. The van der Waals surface area contributed by atoms with E-state index >= 15 is 0 Å². The van der Waals surface area contributed by atoms with Gasteiger partial charge in [-0.2, -0.15) is 13.2 Å². The molecule has 1 fully saturated rings. The van der Waals surface area contributed by atoms with E-state index in [-0.39, 0.29) is 12.1 Å². The van der Waals surface area contributed by atoms with Gasteiger partial charge in [-0.1, -0.05) is 0 Å². The summed E-state index contributed by atoms with van der Waals surface area (Å²) in [7, 11) is 1.78. The van der Waals surface area contributed by atoms with Crippen LogP contribution in [-0.4, -0.2) is 31.7 Å². The highest BCUT2D eigenvalue weighted by atomic mass is 19.4. The van der Waals surface area contributed by atoms with Crippen LogP contribution in [-0.2, 0) is 17.5 Å². The van der Waals surface area contributed by atoms with Crippen molar-refractivity contribution in [2.75, 3.05) is 26.8 Å². The maximum atomic E-state index is 13.6. The third-order valence-electron chi connectivity index (χ3n) is 3.41. The van der Waals surface area contributed by atoms with Crippen LogP contribution < -0.4 is 0 Å². The fourth-order valence-corrected chi connectivity index (χ4v) is 2.40. The van der Waals surface area contributed by atoms with Crippen molar-refractivity contribution in [3.05, 3.63) is 35.1 Å². The number of benzene rings is 1. The predicted molar refractivity (Wildman–Crippen MR) is 66.7 cm³/mol. The van der Waals surface area contributed by atoms with Crippen LogP contribution in [0.3, 0.4) is 0 Å². The molecule has 0 radical (unpaired) electrons. The highest BCUT2D eigenvalue weighted by Gasteiger charge is 2.31. The number of hydrogen-bond donors (Lipinski definition) is 0. The number of alkyl halides is 3. The van der Waals surface area contributed by atoms with Crippen molar-refractivity contribution in [2.45, 2.75) is 19.1 Å². The van der Waals surface area contributed by atoms with Crippen molar-refractivity contribution in [2.24, 2.45) is 5.92 Å². The molecule has 1 atom stereocenters. The highest BCUT2D eigenvalue weighted by Crippen LogP contribution is 2.30. The zero-order valence-corrected chi connectivity index (χ0v) is 11.2. The van der Waals surface area contributed by atoms with Gasteiger partial charge in [0.05, 0.1) is 12.2 Å². The summed E-state index contributed by atoms with van der Waals surface area (Å²) in [5, 5.41) is 0. The molecule has 1 unspecified atom stereocenters. The van der Waals surface area contributed by atoms with Gasteiger partial charge < -0.3 is 9.64 Å². The molecule has 1 heterocycles. The number of ether oxygens (including phenoxy) is 1. The first-order valence-electron chi connectivity index (χ1n) is 6.48. The fraction of sp³-hybridized carbons (Fsp3) is 0.571. The molecule has 1 saturated heterocycles.